The number of nitriles is 1. The third-order valence-electron chi connectivity index (χ3n) is 3.41. The Morgan fingerprint density at radius 3 is 2.62 bits per heavy atom. The molecule has 1 aromatic rings. The fourth-order valence-corrected chi connectivity index (χ4v) is 1.93. The number of hydrogen-bond acceptors (Lipinski definition) is 4. The zero-order chi connectivity index (χ0) is 15.5. The molecule has 21 heavy (non-hydrogen) atoms. The van der Waals surface area contributed by atoms with E-state index in [0.29, 0.717) is 11.3 Å². The molecule has 0 heterocycles. The number of hydrogen-bond donors (Lipinski definition) is 2. The number of rotatable bonds is 6. The monoisotopic (exact) mass is 300 g/mol. The molecule has 1 unspecified atom stereocenters. The average molecular weight is 300 g/mol. The first-order chi connectivity index (χ1) is 9.88. The number of halogens is 3. The minimum atomic E-state index is -4.30. The summed E-state index contributed by atoms with van der Waals surface area (Å²) in [5.74, 6) is 0.302. The molecule has 1 atom stereocenters. The molecule has 1 aliphatic rings. The third kappa shape index (κ3) is 3.65. The standard InChI is InChI=1S/C14H15F3N2O2/c15-14(16,17)13(5-6-13)19-8-11(20)9-21-12-4-2-1-3-10(12)7-18/h1-4,11,19-20H,5-6,8-9H2. The molecular formula is C14H15F3N2O2. The lowest BCUT2D eigenvalue weighted by Gasteiger charge is -2.22. The van der Waals surface area contributed by atoms with Gasteiger partial charge in [0.05, 0.1) is 5.56 Å². The van der Waals surface area contributed by atoms with Crippen LogP contribution >= 0.6 is 0 Å². The summed E-state index contributed by atoms with van der Waals surface area (Å²) in [6.45, 7) is -0.395. The van der Waals surface area contributed by atoms with Crippen LogP contribution in [0, 0.1) is 11.3 Å². The summed E-state index contributed by atoms with van der Waals surface area (Å²) in [5, 5.41) is 20.9. The number of aliphatic hydroxyl groups excluding tert-OH is 1. The Morgan fingerprint density at radius 1 is 1.38 bits per heavy atom. The first kappa shape index (κ1) is 15.6. The van der Waals surface area contributed by atoms with Crippen LogP contribution in [-0.2, 0) is 0 Å². The molecule has 2 rings (SSSR count). The number of ether oxygens (including phenoxy) is 1. The van der Waals surface area contributed by atoms with Crippen LogP contribution < -0.4 is 10.1 Å². The van der Waals surface area contributed by atoms with Gasteiger partial charge in [-0.3, -0.25) is 0 Å². The highest BCUT2D eigenvalue weighted by Crippen LogP contribution is 2.48. The van der Waals surface area contributed by atoms with E-state index in [0.717, 1.165) is 0 Å². The molecule has 0 saturated heterocycles. The van der Waals surface area contributed by atoms with Gasteiger partial charge >= 0.3 is 6.18 Å². The van der Waals surface area contributed by atoms with E-state index in [1.54, 1.807) is 24.3 Å². The van der Waals surface area contributed by atoms with Gasteiger partial charge in [0.15, 0.2) is 0 Å². The van der Waals surface area contributed by atoms with Gasteiger partial charge in [-0.15, -0.1) is 0 Å². The molecule has 2 N–H and O–H groups in total. The van der Waals surface area contributed by atoms with E-state index in [4.69, 9.17) is 10.00 Å². The van der Waals surface area contributed by atoms with Gasteiger partial charge in [-0.2, -0.15) is 18.4 Å². The molecule has 7 heteroatoms. The summed E-state index contributed by atoms with van der Waals surface area (Å²) in [5.41, 5.74) is -1.54. The minimum absolute atomic E-state index is 0.0291. The molecule has 0 spiro atoms. The SMILES string of the molecule is N#Cc1ccccc1OCC(O)CNC1(C(F)(F)F)CC1. The van der Waals surface area contributed by atoms with Gasteiger partial charge in [0.2, 0.25) is 0 Å². The molecule has 0 aromatic heterocycles. The number of alkyl halides is 3. The molecule has 1 saturated carbocycles. The van der Waals surface area contributed by atoms with Crippen LogP contribution in [0.5, 0.6) is 5.75 Å². The number of β-amino-alcohol motifs (C(OH)–C–C–N with tert-alkyl or cyclic N) is 1. The molecule has 1 aliphatic carbocycles. The largest absolute Gasteiger partial charge is 0.489 e. The number of nitrogens with zero attached hydrogens (tertiary/aromatic N) is 1. The smallest absolute Gasteiger partial charge is 0.406 e. The number of benzene rings is 1. The van der Waals surface area contributed by atoms with E-state index in [2.05, 4.69) is 5.32 Å². The van der Waals surface area contributed by atoms with Crippen LogP contribution in [0.3, 0.4) is 0 Å². The number of nitrogens with one attached hydrogen (secondary N) is 1. The van der Waals surface area contributed by atoms with Crippen LogP contribution in [0.4, 0.5) is 13.2 Å². The number of para-hydroxylation sites is 1. The highest BCUT2D eigenvalue weighted by molar-refractivity contribution is 5.42. The summed E-state index contributed by atoms with van der Waals surface area (Å²) < 4.78 is 43.3. The van der Waals surface area contributed by atoms with E-state index in [9.17, 15) is 18.3 Å². The van der Waals surface area contributed by atoms with E-state index < -0.39 is 17.8 Å². The van der Waals surface area contributed by atoms with E-state index in [1.165, 1.54) is 0 Å². The van der Waals surface area contributed by atoms with Gasteiger partial charge in [-0.25, -0.2) is 0 Å². The molecule has 1 fully saturated rings. The van der Waals surface area contributed by atoms with Crippen molar-refractivity contribution in [3.05, 3.63) is 29.8 Å². The second kappa shape index (κ2) is 5.92. The molecule has 114 valence electrons. The predicted molar refractivity (Wildman–Crippen MR) is 68.7 cm³/mol. The Morgan fingerprint density at radius 2 is 2.05 bits per heavy atom. The van der Waals surface area contributed by atoms with Crippen molar-refractivity contribution in [2.75, 3.05) is 13.2 Å². The fraction of sp³-hybridized carbons (Fsp3) is 0.500. The van der Waals surface area contributed by atoms with Gasteiger partial charge in [0, 0.05) is 6.54 Å². The summed E-state index contributed by atoms with van der Waals surface area (Å²) in [6.07, 6.45) is -5.33. The van der Waals surface area contributed by atoms with Crippen LogP contribution in [0.15, 0.2) is 24.3 Å². The van der Waals surface area contributed by atoms with Gasteiger partial charge in [-0.1, -0.05) is 12.1 Å². The quantitative estimate of drug-likeness (QED) is 0.843. The molecule has 0 aliphatic heterocycles. The molecule has 1 aromatic carbocycles. The summed E-state index contributed by atoms with van der Waals surface area (Å²) in [4.78, 5) is 0. The van der Waals surface area contributed by atoms with Crippen LogP contribution in [0.2, 0.25) is 0 Å². The average Bonchev–Trinajstić information content (AvgIpc) is 3.24. The first-order valence-corrected chi connectivity index (χ1v) is 6.50. The van der Waals surface area contributed by atoms with Crippen molar-refractivity contribution in [1.82, 2.24) is 5.32 Å². The summed E-state index contributed by atoms with van der Waals surface area (Å²) in [7, 11) is 0. The van der Waals surface area contributed by atoms with Crippen molar-refractivity contribution in [2.24, 2.45) is 0 Å². The normalized spacial score (nSPS) is 17.9. The van der Waals surface area contributed by atoms with Crippen LogP contribution in [0.25, 0.3) is 0 Å². The highest BCUT2D eigenvalue weighted by atomic mass is 19.4. The Hall–Kier alpha value is -1.78. The van der Waals surface area contributed by atoms with Crippen molar-refractivity contribution in [3.63, 3.8) is 0 Å². The molecular weight excluding hydrogens is 285 g/mol. The number of aliphatic hydroxyl groups is 1. The Labute approximate surface area is 120 Å². The second-order valence-corrected chi connectivity index (χ2v) is 5.03. The maximum atomic E-state index is 12.7. The third-order valence-corrected chi connectivity index (χ3v) is 3.41. The highest BCUT2D eigenvalue weighted by Gasteiger charge is 2.63. The lowest BCUT2D eigenvalue weighted by atomic mass is 10.2. The molecule has 0 bridgehead atoms. The van der Waals surface area contributed by atoms with E-state index in [-0.39, 0.29) is 26.0 Å². The van der Waals surface area contributed by atoms with E-state index >= 15 is 0 Å². The summed E-state index contributed by atoms with van der Waals surface area (Å²) >= 11 is 0. The van der Waals surface area contributed by atoms with Gasteiger partial charge in [0.1, 0.15) is 30.1 Å². The van der Waals surface area contributed by atoms with Crippen LogP contribution in [-0.4, -0.2) is 36.1 Å². The zero-order valence-electron chi connectivity index (χ0n) is 11.2. The van der Waals surface area contributed by atoms with Gasteiger partial charge in [-0.05, 0) is 25.0 Å². The minimum Gasteiger partial charge on any atom is -0.489 e. The maximum absolute atomic E-state index is 12.7. The lowest BCUT2D eigenvalue weighted by Crippen LogP contribution is -2.48. The predicted octanol–water partition coefficient (Wildman–Crippen LogP) is 1.98. The molecule has 0 amide bonds. The van der Waals surface area contributed by atoms with Crippen molar-refractivity contribution < 1.29 is 23.0 Å². The van der Waals surface area contributed by atoms with Gasteiger partial charge in [0.25, 0.3) is 0 Å². The Bertz CT molecular complexity index is 536. The van der Waals surface area contributed by atoms with Crippen molar-refractivity contribution in [2.45, 2.75) is 30.7 Å². The zero-order valence-corrected chi connectivity index (χ0v) is 11.2. The fourth-order valence-electron chi connectivity index (χ4n) is 1.93. The lowest BCUT2D eigenvalue weighted by molar-refractivity contribution is -0.166. The Balaban J connectivity index is 1.81. The van der Waals surface area contributed by atoms with Crippen molar-refractivity contribution in [1.29, 1.82) is 5.26 Å². The second-order valence-electron chi connectivity index (χ2n) is 5.03. The molecule has 0 radical (unpaired) electrons. The topological polar surface area (TPSA) is 65.3 Å². The summed E-state index contributed by atoms with van der Waals surface area (Å²) in [6, 6.07) is 8.40. The first-order valence-electron chi connectivity index (χ1n) is 6.50. The van der Waals surface area contributed by atoms with Crippen molar-refractivity contribution in [3.8, 4) is 11.8 Å². The maximum Gasteiger partial charge on any atom is 0.406 e. The molecule has 4 nitrogen and oxygen atoms in total. The van der Waals surface area contributed by atoms with Crippen LogP contribution in [0.1, 0.15) is 18.4 Å². The van der Waals surface area contributed by atoms with Crippen molar-refractivity contribution >= 4 is 0 Å². The van der Waals surface area contributed by atoms with E-state index in [1.807, 2.05) is 6.07 Å². The Kier molecular flexibility index (Phi) is 4.40. The van der Waals surface area contributed by atoms with Gasteiger partial charge < -0.3 is 15.2 Å².